The van der Waals surface area contributed by atoms with Crippen molar-refractivity contribution in [2.75, 3.05) is 6.61 Å². The summed E-state index contributed by atoms with van der Waals surface area (Å²) in [6.45, 7) is 0.0122. The first-order valence-electron chi connectivity index (χ1n) is 5.95. The zero-order chi connectivity index (χ0) is 13.1. The molecule has 0 amide bonds. The van der Waals surface area contributed by atoms with Crippen LogP contribution in [0.2, 0.25) is 5.02 Å². The summed E-state index contributed by atoms with van der Waals surface area (Å²) in [5.41, 5.74) is 1.70. The first-order chi connectivity index (χ1) is 8.63. The Balaban J connectivity index is 2.34. The smallest absolute Gasteiger partial charge is 0.197 e. The lowest BCUT2D eigenvalue weighted by Crippen LogP contribution is -2.06. The van der Waals surface area contributed by atoms with Crippen LogP contribution in [0.25, 0.3) is 0 Å². The van der Waals surface area contributed by atoms with Crippen molar-refractivity contribution >= 4 is 17.4 Å². The zero-order valence-corrected chi connectivity index (χ0v) is 10.7. The van der Waals surface area contributed by atoms with Crippen LogP contribution in [0.1, 0.15) is 30.7 Å². The van der Waals surface area contributed by atoms with E-state index in [1.807, 2.05) is 12.1 Å². The average molecular weight is 267 g/mol. The molecule has 0 unspecified atom stereocenters. The number of hydrogen-bond donors (Lipinski definition) is 2. The second kappa shape index (κ2) is 5.55. The third-order valence-corrected chi connectivity index (χ3v) is 3.55. The first-order valence-corrected chi connectivity index (χ1v) is 6.32. The number of carbonyl (C=O) groups is 1. The van der Waals surface area contributed by atoms with Crippen LogP contribution in [0.3, 0.4) is 0 Å². The SMILES string of the molecule is O=C1CCC([C@@H](CCO)c2ccc(Cl)cc2)=C1O. The number of Topliss-reactive ketones (excluding diaryl/α,β-unsaturated/α-hetero) is 1. The van der Waals surface area contributed by atoms with Crippen LogP contribution in [0.5, 0.6) is 0 Å². The summed E-state index contributed by atoms with van der Waals surface area (Å²) in [4.78, 5) is 11.4. The molecular formula is C14H15ClO3. The zero-order valence-electron chi connectivity index (χ0n) is 9.90. The maximum absolute atomic E-state index is 11.4. The molecule has 0 aromatic heterocycles. The maximum Gasteiger partial charge on any atom is 0.197 e. The fourth-order valence-electron chi connectivity index (χ4n) is 2.37. The van der Waals surface area contributed by atoms with E-state index in [9.17, 15) is 9.90 Å². The van der Waals surface area contributed by atoms with Crippen LogP contribution in [0, 0.1) is 0 Å². The number of hydrogen-bond acceptors (Lipinski definition) is 3. The van der Waals surface area contributed by atoms with Crippen molar-refractivity contribution in [3.8, 4) is 0 Å². The Morgan fingerprint density at radius 1 is 1.22 bits per heavy atom. The Hall–Kier alpha value is -1.32. The highest BCUT2D eigenvalue weighted by molar-refractivity contribution is 6.30. The van der Waals surface area contributed by atoms with E-state index >= 15 is 0 Å². The van der Waals surface area contributed by atoms with Crippen LogP contribution in [0.15, 0.2) is 35.6 Å². The predicted molar refractivity (Wildman–Crippen MR) is 69.8 cm³/mol. The minimum atomic E-state index is -0.207. The van der Waals surface area contributed by atoms with Gasteiger partial charge in [0.05, 0.1) is 0 Å². The van der Waals surface area contributed by atoms with Gasteiger partial charge in [0.25, 0.3) is 0 Å². The summed E-state index contributed by atoms with van der Waals surface area (Å²) >= 11 is 5.84. The number of halogens is 1. The molecule has 3 nitrogen and oxygen atoms in total. The van der Waals surface area contributed by atoms with Gasteiger partial charge in [-0.2, -0.15) is 0 Å². The lowest BCUT2D eigenvalue weighted by molar-refractivity contribution is -0.117. The van der Waals surface area contributed by atoms with Gasteiger partial charge in [-0.15, -0.1) is 0 Å². The van der Waals surface area contributed by atoms with Crippen molar-refractivity contribution < 1.29 is 15.0 Å². The number of benzene rings is 1. The largest absolute Gasteiger partial charge is 0.504 e. The van der Waals surface area contributed by atoms with Gasteiger partial charge < -0.3 is 10.2 Å². The van der Waals surface area contributed by atoms with Gasteiger partial charge >= 0.3 is 0 Å². The van der Waals surface area contributed by atoms with Crippen LogP contribution in [-0.4, -0.2) is 22.6 Å². The van der Waals surface area contributed by atoms with Crippen molar-refractivity contribution in [3.63, 3.8) is 0 Å². The average Bonchev–Trinajstić information content (AvgIpc) is 2.69. The summed E-state index contributed by atoms with van der Waals surface area (Å²) in [5.74, 6) is -0.441. The van der Waals surface area contributed by atoms with Gasteiger partial charge in [0.1, 0.15) is 0 Å². The van der Waals surface area contributed by atoms with Crippen LogP contribution in [0.4, 0.5) is 0 Å². The van der Waals surface area contributed by atoms with Crippen molar-refractivity contribution in [1.82, 2.24) is 0 Å². The van der Waals surface area contributed by atoms with E-state index < -0.39 is 0 Å². The molecule has 2 rings (SSSR count). The lowest BCUT2D eigenvalue weighted by Gasteiger charge is -2.18. The Morgan fingerprint density at radius 2 is 1.89 bits per heavy atom. The normalized spacial score (nSPS) is 17.3. The van der Waals surface area contributed by atoms with Gasteiger partial charge in [0.15, 0.2) is 11.5 Å². The van der Waals surface area contributed by atoms with Gasteiger partial charge in [-0.25, -0.2) is 0 Å². The minimum Gasteiger partial charge on any atom is -0.504 e. The number of carbonyl (C=O) groups excluding carboxylic acids is 1. The van der Waals surface area contributed by atoms with Crippen molar-refractivity contribution in [1.29, 1.82) is 0 Å². The molecule has 1 aromatic rings. The van der Waals surface area contributed by atoms with Gasteiger partial charge in [0.2, 0.25) is 0 Å². The molecule has 0 heterocycles. The van der Waals surface area contributed by atoms with E-state index in [0.29, 0.717) is 24.3 Å². The summed E-state index contributed by atoms with van der Waals surface area (Å²) in [6, 6.07) is 7.28. The van der Waals surface area contributed by atoms with E-state index in [2.05, 4.69) is 0 Å². The third-order valence-electron chi connectivity index (χ3n) is 3.30. The summed E-state index contributed by atoms with van der Waals surface area (Å²) < 4.78 is 0. The molecule has 0 aliphatic heterocycles. The van der Waals surface area contributed by atoms with E-state index in [-0.39, 0.29) is 24.1 Å². The molecule has 4 heteroatoms. The molecule has 18 heavy (non-hydrogen) atoms. The van der Waals surface area contributed by atoms with Gasteiger partial charge in [0, 0.05) is 24.0 Å². The van der Waals surface area contributed by atoms with Crippen molar-refractivity contribution in [2.24, 2.45) is 0 Å². The highest BCUT2D eigenvalue weighted by Gasteiger charge is 2.28. The Bertz CT molecular complexity index is 476. The van der Waals surface area contributed by atoms with E-state index in [1.54, 1.807) is 12.1 Å². The summed E-state index contributed by atoms with van der Waals surface area (Å²) in [5, 5.41) is 19.6. The molecule has 0 spiro atoms. The summed E-state index contributed by atoms with van der Waals surface area (Å²) in [6.07, 6.45) is 1.42. The number of aliphatic hydroxyl groups is 2. The third kappa shape index (κ3) is 2.57. The van der Waals surface area contributed by atoms with E-state index in [0.717, 1.165) is 11.1 Å². The molecule has 0 radical (unpaired) electrons. The fraction of sp³-hybridized carbons (Fsp3) is 0.357. The standard InChI is InChI=1S/C14H15ClO3/c15-10-3-1-9(2-4-10)11(7-8-16)12-5-6-13(17)14(12)18/h1-4,11,16,18H,5-8H2/t11-/m0/s1. The van der Waals surface area contributed by atoms with Crippen LogP contribution >= 0.6 is 11.6 Å². The molecular weight excluding hydrogens is 252 g/mol. The quantitative estimate of drug-likeness (QED) is 0.881. The molecule has 1 aromatic carbocycles. The Morgan fingerprint density at radius 3 is 2.39 bits per heavy atom. The monoisotopic (exact) mass is 266 g/mol. The predicted octanol–water partition coefficient (Wildman–Crippen LogP) is 2.98. The molecule has 0 bridgehead atoms. The number of ketones is 1. The van der Waals surface area contributed by atoms with Gasteiger partial charge in [-0.05, 0) is 36.1 Å². The molecule has 0 saturated heterocycles. The maximum atomic E-state index is 11.4. The van der Waals surface area contributed by atoms with Crippen molar-refractivity contribution in [2.45, 2.75) is 25.2 Å². The molecule has 1 atom stereocenters. The Labute approximate surface area is 111 Å². The highest BCUT2D eigenvalue weighted by Crippen LogP contribution is 2.36. The van der Waals surface area contributed by atoms with E-state index in [4.69, 9.17) is 16.7 Å². The molecule has 0 saturated carbocycles. The molecule has 96 valence electrons. The first kappa shape index (κ1) is 13.1. The van der Waals surface area contributed by atoms with Gasteiger partial charge in [-0.1, -0.05) is 23.7 Å². The Kier molecular flexibility index (Phi) is 4.04. The minimum absolute atomic E-state index is 0.0122. The highest BCUT2D eigenvalue weighted by atomic mass is 35.5. The second-order valence-electron chi connectivity index (χ2n) is 4.41. The molecule has 0 fully saturated rings. The number of aliphatic hydroxyl groups excluding tert-OH is 2. The van der Waals surface area contributed by atoms with Gasteiger partial charge in [-0.3, -0.25) is 4.79 Å². The number of allylic oxidation sites excluding steroid dienone is 2. The molecule has 1 aliphatic carbocycles. The topological polar surface area (TPSA) is 57.5 Å². The molecule has 2 N–H and O–H groups in total. The summed E-state index contributed by atoms with van der Waals surface area (Å²) in [7, 11) is 0. The van der Waals surface area contributed by atoms with E-state index in [1.165, 1.54) is 0 Å². The fourth-order valence-corrected chi connectivity index (χ4v) is 2.50. The lowest BCUT2D eigenvalue weighted by atomic mass is 9.88. The van der Waals surface area contributed by atoms with Crippen LogP contribution in [-0.2, 0) is 4.79 Å². The van der Waals surface area contributed by atoms with Crippen molar-refractivity contribution in [3.05, 3.63) is 46.2 Å². The second-order valence-corrected chi connectivity index (χ2v) is 4.85. The number of rotatable bonds is 4. The molecule has 1 aliphatic rings. The van der Waals surface area contributed by atoms with Crippen LogP contribution < -0.4 is 0 Å².